The summed E-state index contributed by atoms with van der Waals surface area (Å²) in [6, 6.07) is 5.08. The fourth-order valence-electron chi connectivity index (χ4n) is 1.29. The van der Waals surface area contributed by atoms with Gasteiger partial charge in [-0.25, -0.2) is 9.78 Å². The lowest BCUT2D eigenvalue weighted by Gasteiger charge is -2.09. The van der Waals surface area contributed by atoms with E-state index >= 15 is 0 Å². The molecule has 86 valence electrons. The molecular weight excluding hydrogens is 212 g/mol. The summed E-state index contributed by atoms with van der Waals surface area (Å²) in [5.74, 6) is 0.218. The van der Waals surface area contributed by atoms with E-state index in [9.17, 15) is 4.79 Å². The van der Waals surface area contributed by atoms with E-state index < -0.39 is 12.4 Å². The minimum absolute atomic E-state index is 0.218. The minimum atomic E-state index is -0.557. The molecule has 1 aliphatic rings. The topological polar surface area (TPSA) is 69.7 Å². The van der Waals surface area contributed by atoms with Crippen LogP contribution < -0.4 is 10.1 Å². The van der Waals surface area contributed by atoms with Crippen LogP contribution in [0.25, 0.3) is 0 Å². The molecule has 1 aromatic rings. The van der Waals surface area contributed by atoms with Crippen LogP contribution in [0.4, 0.5) is 4.79 Å². The fraction of sp³-hybridized carbons (Fsp3) is 0.400. The van der Waals surface area contributed by atoms with E-state index in [1.54, 1.807) is 18.2 Å². The highest BCUT2D eigenvalue weighted by molar-refractivity contribution is 5.69. The zero-order valence-electron chi connectivity index (χ0n) is 8.80. The predicted molar refractivity (Wildman–Crippen MR) is 54.0 cm³/mol. The van der Waals surface area contributed by atoms with Crippen LogP contribution in [-0.4, -0.2) is 31.3 Å². The zero-order valence-corrected chi connectivity index (χ0v) is 8.80. The Hall–Kier alpha value is -1.66. The van der Waals surface area contributed by atoms with Crippen LogP contribution in [0.15, 0.2) is 18.2 Å². The molecule has 1 aliphatic heterocycles. The summed E-state index contributed by atoms with van der Waals surface area (Å²) in [5, 5.41) is 2.34. The summed E-state index contributed by atoms with van der Waals surface area (Å²) >= 11 is 0. The molecule has 0 spiro atoms. The highest BCUT2D eigenvalue weighted by Crippen LogP contribution is 2.22. The first-order valence-corrected chi connectivity index (χ1v) is 4.89. The van der Waals surface area contributed by atoms with Crippen molar-refractivity contribution in [1.29, 1.82) is 0 Å². The molecule has 0 aliphatic carbocycles. The normalized spacial score (nSPS) is 16.1. The molecule has 1 fully saturated rings. The summed E-state index contributed by atoms with van der Waals surface area (Å²) in [5.41, 5.74) is 0.596. The first kappa shape index (κ1) is 10.8. The van der Waals surface area contributed by atoms with Gasteiger partial charge in [-0.3, -0.25) is 0 Å². The molecular formula is C10H12N2O4. The maximum absolute atomic E-state index is 11.0. The van der Waals surface area contributed by atoms with Crippen LogP contribution in [0.1, 0.15) is 12.0 Å². The minimum Gasteiger partial charge on any atom is -0.391 e. The van der Waals surface area contributed by atoms with E-state index in [4.69, 9.17) is 14.2 Å². The van der Waals surface area contributed by atoms with Gasteiger partial charge in [0.1, 0.15) is 5.69 Å². The van der Waals surface area contributed by atoms with Crippen LogP contribution in [0.2, 0.25) is 0 Å². The van der Waals surface area contributed by atoms with E-state index in [0.717, 1.165) is 0 Å². The average molecular weight is 224 g/mol. The van der Waals surface area contributed by atoms with Crippen molar-refractivity contribution in [2.45, 2.75) is 6.29 Å². The maximum atomic E-state index is 11.0. The van der Waals surface area contributed by atoms with Crippen LogP contribution in [0, 0.1) is 0 Å². The second kappa shape index (κ2) is 4.91. The number of amides is 1. The van der Waals surface area contributed by atoms with Gasteiger partial charge in [-0.05, 0) is 6.07 Å². The van der Waals surface area contributed by atoms with Gasteiger partial charge in [0.15, 0.2) is 0 Å². The van der Waals surface area contributed by atoms with Gasteiger partial charge in [0.25, 0.3) is 0 Å². The molecule has 0 bridgehead atoms. The van der Waals surface area contributed by atoms with E-state index in [-0.39, 0.29) is 5.88 Å². The lowest BCUT2D eigenvalue weighted by Crippen LogP contribution is -2.22. The van der Waals surface area contributed by atoms with Crippen molar-refractivity contribution in [3.63, 3.8) is 0 Å². The maximum Gasteiger partial charge on any atom is 0.413 e. The molecule has 6 heteroatoms. The fourth-order valence-corrected chi connectivity index (χ4v) is 1.29. The van der Waals surface area contributed by atoms with Gasteiger partial charge in [0.2, 0.25) is 12.2 Å². The molecule has 1 saturated heterocycles. The molecule has 0 radical (unpaired) electrons. The monoisotopic (exact) mass is 224 g/mol. The average Bonchev–Trinajstić information content (AvgIpc) is 2.83. The number of nitrogens with one attached hydrogen (secondary N) is 1. The third-order valence-electron chi connectivity index (χ3n) is 2.01. The van der Waals surface area contributed by atoms with Crippen molar-refractivity contribution in [1.82, 2.24) is 10.3 Å². The highest BCUT2D eigenvalue weighted by atomic mass is 16.7. The van der Waals surface area contributed by atoms with Crippen molar-refractivity contribution in [2.24, 2.45) is 0 Å². The molecule has 1 amide bonds. The highest BCUT2D eigenvalue weighted by Gasteiger charge is 2.20. The van der Waals surface area contributed by atoms with Gasteiger partial charge >= 0.3 is 6.09 Å². The summed E-state index contributed by atoms with van der Waals surface area (Å²) < 4.78 is 15.5. The number of aromatic nitrogens is 1. The number of carbonyl (C=O) groups excluding carboxylic acids is 1. The molecule has 0 aromatic carbocycles. The van der Waals surface area contributed by atoms with Gasteiger partial charge in [-0.2, -0.15) is 0 Å². The van der Waals surface area contributed by atoms with Crippen LogP contribution in [0.3, 0.4) is 0 Å². The smallest absolute Gasteiger partial charge is 0.391 e. The van der Waals surface area contributed by atoms with Crippen molar-refractivity contribution >= 4 is 6.09 Å². The molecule has 1 aromatic heterocycles. The Labute approximate surface area is 92.5 Å². The Balaban J connectivity index is 2.09. The quantitative estimate of drug-likeness (QED) is 0.806. The largest absolute Gasteiger partial charge is 0.413 e. The van der Waals surface area contributed by atoms with Crippen LogP contribution in [-0.2, 0) is 9.47 Å². The summed E-state index contributed by atoms with van der Waals surface area (Å²) in [4.78, 5) is 15.1. The molecule has 16 heavy (non-hydrogen) atoms. The summed E-state index contributed by atoms with van der Waals surface area (Å²) in [6.45, 7) is 1.10. The first-order chi connectivity index (χ1) is 7.79. The van der Waals surface area contributed by atoms with E-state index in [0.29, 0.717) is 18.9 Å². The number of rotatable bonds is 2. The Bertz CT molecular complexity index is 377. The molecule has 1 N–H and O–H groups in total. The Morgan fingerprint density at radius 2 is 2.25 bits per heavy atom. The molecule has 2 heterocycles. The third kappa shape index (κ3) is 2.47. The van der Waals surface area contributed by atoms with Crippen LogP contribution >= 0.6 is 0 Å². The van der Waals surface area contributed by atoms with Gasteiger partial charge < -0.3 is 19.5 Å². The Morgan fingerprint density at radius 3 is 2.94 bits per heavy atom. The lowest BCUT2D eigenvalue weighted by molar-refractivity contribution is -0.0475. The number of hydrogen-bond acceptors (Lipinski definition) is 5. The van der Waals surface area contributed by atoms with Crippen molar-refractivity contribution < 1.29 is 19.0 Å². The Morgan fingerprint density at radius 1 is 1.50 bits per heavy atom. The van der Waals surface area contributed by atoms with E-state index in [2.05, 4.69) is 10.3 Å². The molecule has 0 atom stereocenters. The summed E-state index contributed by atoms with van der Waals surface area (Å²) in [7, 11) is 1.48. The number of pyridine rings is 1. The number of hydrogen-bond donors (Lipinski definition) is 1. The van der Waals surface area contributed by atoms with Gasteiger partial charge in [-0.15, -0.1) is 0 Å². The van der Waals surface area contributed by atoms with Gasteiger partial charge in [0.05, 0.1) is 13.2 Å². The van der Waals surface area contributed by atoms with Crippen molar-refractivity contribution in [2.75, 3.05) is 20.3 Å². The third-order valence-corrected chi connectivity index (χ3v) is 2.01. The standard InChI is InChI=1S/C10H12N2O4/c1-11-10(13)16-8-4-2-3-7(12-8)9-14-5-6-15-9/h2-4,9H,5-6H2,1H3,(H,11,13). The molecule has 6 nitrogen and oxygen atoms in total. The summed E-state index contributed by atoms with van der Waals surface area (Å²) in [6.07, 6.45) is -1.02. The van der Waals surface area contributed by atoms with Gasteiger partial charge in [0, 0.05) is 13.1 Å². The van der Waals surface area contributed by atoms with E-state index in [1.165, 1.54) is 7.05 Å². The number of nitrogens with zero attached hydrogens (tertiary/aromatic N) is 1. The molecule has 0 unspecified atom stereocenters. The van der Waals surface area contributed by atoms with Gasteiger partial charge in [-0.1, -0.05) is 6.07 Å². The SMILES string of the molecule is CNC(=O)Oc1cccc(C2OCCO2)n1. The lowest BCUT2D eigenvalue weighted by atomic mass is 10.3. The van der Waals surface area contributed by atoms with E-state index in [1.807, 2.05) is 0 Å². The predicted octanol–water partition coefficient (Wildman–Crippen LogP) is 0.845. The molecule has 2 rings (SSSR count). The second-order valence-corrected chi connectivity index (χ2v) is 3.11. The zero-order chi connectivity index (χ0) is 11.4. The number of ether oxygens (including phenoxy) is 3. The number of carbonyl (C=O) groups is 1. The Kier molecular flexibility index (Phi) is 3.33. The second-order valence-electron chi connectivity index (χ2n) is 3.11. The van der Waals surface area contributed by atoms with Crippen LogP contribution in [0.5, 0.6) is 5.88 Å². The van der Waals surface area contributed by atoms with Crippen molar-refractivity contribution in [3.05, 3.63) is 23.9 Å². The molecule has 0 saturated carbocycles. The first-order valence-electron chi connectivity index (χ1n) is 4.89. The van der Waals surface area contributed by atoms with Crippen molar-refractivity contribution in [3.8, 4) is 5.88 Å².